The van der Waals surface area contributed by atoms with Gasteiger partial charge in [-0.2, -0.15) is 0 Å². The number of aromatic nitrogens is 2. The maximum Gasteiger partial charge on any atom is 0.121 e. The van der Waals surface area contributed by atoms with Gasteiger partial charge in [-0.05, 0) is 30.8 Å². The zero-order valence-electron chi connectivity index (χ0n) is 11.8. The lowest BCUT2D eigenvalue weighted by molar-refractivity contribution is 0.410. The molecule has 1 N–H and O–H groups in total. The highest BCUT2D eigenvalue weighted by molar-refractivity contribution is 5.75. The Morgan fingerprint density at radius 1 is 1.25 bits per heavy atom. The van der Waals surface area contributed by atoms with Crippen LogP contribution in [-0.2, 0) is 13.5 Å². The van der Waals surface area contributed by atoms with Gasteiger partial charge < -0.3 is 14.3 Å². The molecule has 4 nitrogen and oxygen atoms in total. The molecule has 0 saturated heterocycles. The molecule has 0 radical (unpaired) electrons. The maximum atomic E-state index is 5.53. The molecule has 2 heterocycles. The van der Waals surface area contributed by atoms with Gasteiger partial charge in [0.2, 0.25) is 0 Å². The number of fused-ring (bicyclic) bond motifs is 1. The van der Waals surface area contributed by atoms with Crippen molar-refractivity contribution < 1.29 is 4.42 Å². The molecule has 0 aliphatic heterocycles. The summed E-state index contributed by atoms with van der Waals surface area (Å²) < 4.78 is 7.69. The Morgan fingerprint density at radius 2 is 2.10 bits per heavy atom. The fraction of sp³-hybridized carbons (Fsp3) is 0.312. The number of rotatable bonds is 5. The first kappa shape index (κ1) is 12.9. The Balaban J connectivity index is 1.92. The molecule has 1 unspecified atom stereocenters. The quantitative estimate of drug-likeness (QED) is 0.774. The van der Waals surface area contributed by atoms with Crippen LogP contribution in [0.1, 0.15) is 24.6 Å². The number of hydrogen-bond donors (Lipinski definition) is 1. The topological polar surface area (TPSA) is 43.0 Å². The molecule has 3 rings (SSSR count). The lowest BCUT2D eigenvalue weighted by atomic mass is 10.1. The van der Waals surface area contributed by atoms with E-state index in [1.807, 2.05) is 30.3 Å². The summed E-state index contributed by atoms with van der Waals surface area (Å²) in [7, 11) is 2.07. The highest BCUT2D eigenvalue weighted by Crippen LogP contribution is 2.21. The minimum atomic E-state index is 0.158. The molecule has 0 bridgehead atoms. The van der Waals surface area contributed by atoms with Gasteiger partial charge in [0.1, 0.15) is 11.6 Å². The third-order valence-corrected chi connectivity index (χ3v) is 3.60. The summed E-state index contributed by atoms with van der Waals surface area (Å²) in [6.45, 7) is 3.00. The molecular formula is C16H19N3O. The molecule has 104 valence electrons. The van der Waals surface area contributed by atoms with Crippen LogP contribution < -0.4 is 5.32 Å². The number of likely N-dealkylation sites (N-methyl/N-ethyl adjacent to an activating group) is 1. The summed E-state index contributed by atoms with van der Waals surface area (Å²) in [6.07, 6.45) is 2.53. The standard InChI is InChI=1S/C16H19N3O/c1-3-17-13(15-9-6-10-20-15)11-16-18-12-7-4-5-8-14(12)19(16)2/h4-10,13,17H,3,11H2,1-2H3. The van der Waals surface area contributed by atoms with E-state index in [0.717, 1.165) is 35.6 Å². The zero-order chi connectivity index (χ0) is 13.9. The SMILES string of the molecule is CCNC(Cc1nc2ccccc2n1C)c1ccco1. The molecule has 0 saturated carbocycles. The smallest absolute Gasteiger partial charge is 0.121 e. The van der Waals surface area contributed by atoms with Crippen molar-refractivity contribution in [1.29, 1.82) is 0 Å². The molecule has 0 aliphatic carbocycles. The van der Waals surface area contributed by atoms with Crippen molar-refractivity contribution in [2.75, 3.05) is 6.54 Å². The monoisotopic (exact) mass is 269 g/mol. The van der Waals surface area contributed by atoms with Gasteiger partial charge in [-0.25, -0.2) is 4.98 Å². The Bertz CT molecular complexity index is 685. The first-order chi connectivity index (χ1) is 9.79. The summed E-state index contributed by atoms with van der Waals surface area (Å²) in [4.78, 5) is 4.73. The minimum Gasteiger partial charge on any atom is -0.468 e. The van der Waals surface area contributed by atoms with Gasteiger partial charge in [0.25, 0.3) is 0 Å². The number of aryl methyl sites for hydroxylation is 1. The molecular weight excluding hydrogens is 250 g/mol. The van der Waals surface area contributed by atoms with Gasteiger partial charge in [-0.15, -0.1) is 0 Å². The summed E-state index contributed by atoms with van der Waals surface area (Å²) in [5.74, 6) is 2.02. The van der Waals surface area contributed by atoms with E-state index in [2.05, 4.69) is 29.9 Å². The van der Waals surface area contributed by atoms with Crippen LogP contribution in [0, 0.1) is 0 Å². The molecule has 20 heavy (non-hydrogen) atoms. The second-order valence-corrected chi connectivity index (χ2v) is 4.91. The second kappa shape index (κ2) is 5.51. The first-order valence-electron chi connectivity index (χ1n) is 6.96. The number of imidazole rings is 1. The third kappa shape index (κ3) is 2.34. The molecule has 0 spiro atoms. The Kier molecular flexibility index (Phi) is 3.56. The van der Waals surface area contributed by atoms with E-state index < -0.39 is 0 Å². The predicted molar refractivity (Wildman–Crippen MR) is 79.5 cm³/mol. The number of hydrogen-bond acceptors (Lipinski definition) is 3. The Labute approximate surface area is 118 Å². The highest BCUT2D eigenvalue weighted by Gasteiger charge is 2.17. The Morgan fingerprint density at radius 3 is 2.80 bits per heavy atom. The van der Waals surface area contributed by atoms with Gasteiger partial charge in [-0.1, -0.05) is 19.1 Å². The third-order valence-electron chi connectivity index (χ3n) is 3.60. The van der Waals surface area contributed by atoms with Gasteiger partial charge >= 0.3 is 0 Å². The molecule has 3 aromatic rings. The number of nitrogens with one attached hydrogen (secondary N) is 1. The second-order valence-electron chi connectivity index (χ2n) is 4.91. The van der Waals surface area contributed by atoms with E-state index in [1.54, 1.807) is 6.26 Å². The van der Waals surface area contributed by atoms with E-state index >= 15 is 0 Å². The summed E-state index contributed by atoms with van der Waals surface area (Å²) >= 11 is 0. The average Bonchev–Trinajstić information content (AvgIpc) is 3.08. The van der Waals surface area contributed by atoms with Crippen molar-refractivity contribution in [2.45, 2.75) is 19.4 Å². The number of nitrogens with zero attached hydrogens (tertiary/aromatic N) is 2. The number of para-hydroxylation sites is 2. The van der Waals surface area contributed by atoms with Crippen LogP contribution in [0.2, 0.25) is 0 Å². The van der Waals surface area contributed by atoms with E-state index in [9.17, 15) is 0 Å². The summed E-state index contributed by atoms with van der Waals surface area (Å²) in [6, 6.07) is 12.3. The number of benzene rings is 1. The average molecular weight is 269 g/mol. The molecule has 1 aromatic carbocycles. The molecule has 2 aromatic heterocycles. The van der Waals surface area contributed by atoms with Crippen LogP contribution in [0.25, 0.3) is 11.0 Å². The summed E-state index contributed by atoms with van der Waals surface area (Å²) in [5, 5.41) is 3.46. The Hall–Kier alpha value is -2.07. The fourth-order valence-electron chi connectivity index (χ4n) is 2.57. The predicted octanol–water partition coefficient (Wildman–Crippen LogP) is 3.06. The van der Waals surface area contributed by atoms with Crippen molar-refractivity contribution >= 4 is 11.0 Å². The lowest BCUT2D eigenvalue weighted by Crippen LogP contribution is -2.23. The van der Waals surface area contributed by atoms with Gasteiger partial charge in [0, 0.05) is 13.5 Å². The highest BCUT2D eigenvalue weighted by atomic mass is 16.3. The maximum absolute atomic E-state index is 5.53. The van der Waals surface area contributed by atoms with Gasteiger partial charge in [0.05, 0.1) is 23.3 Å². The molecule has 0 aliphatic rings. The fourth-order valence-corrected chi connectivity index (χ4v) is 2.57. The first-order valence-corrected chi connectivity index (χ1v) is 6.96. The van der Waals surface area contributed by atoms with Crippen LogP contribution in [0.3, 0.4) is 0 Å². The van der Waals surface area contributed by atoms with Crippen molar-refractivity contribution in [1.82, 2.24) is 14.9 Å². The van der Waals surface area contributed by atoms with Gasteiger partial charge in [-0.3, -0.25) is 0 Å². The minimum absolute atomic E-state index is 0.158. The molecule has 0 amide bonds. The molecule has 1 atom stereocenters. The van der Waals surface area contributed by atoms with E-state index in [0.29, 0.717) is 0 Å². The van der Waals surface area contributed by atoms with Crippen molar-refractivity contribution in [3.8, 4) is 0 Å². The summed E-state index contributed by atoms with van der Waals surface area (Å²) in [5.41, 5.74) is 2.21. The van der Waals surface area contributed by atoms with E-state index in [-0.39, 0.29) is 6.04 Å². The van der Waals surface area contributed by atoms with Crippen LogP contribution in [0.5, 0.6) is 0 Å². The zero-order valence-corrected chi connectivity index (χ0v) is 11.8. The van der Waals surface area contributed by atoms with E-state index in [1.165, 1.54) is 0 Å². The molecule has 0 fully saturated rings. The van der Waals surface area contributed by atoms with Crippen LogP contribution in [0.4, 0.5) is 0 Å². The van der Waals surface area contributed by atoms with Crippen molar-refractivity contribution in [2.24, 2.45) is 7.05 Å². The molecule has 4 heteroatoms. The lowest BCUT2D eigenvalue weighted by Gasteiger charge is -2.15. The van der Waals surface area contributed by atoms with Crippen LogP contribution in [-0.4, -0.2) is 16.1 Å². The van der Waals surface area contributed by atoms with Gasteiger partial charge in [0.15, 0.2) is 0 Å². The number of furan rings is 1. The normalized spacial score (nSPS) is 12.9. The largest absolute Gasteiger partial charge is 0.468 e. The van der Waals surface area contributed by atoms with Crippen molar-refractivity contribution in [3.63, 3.8) is 0 Å². The van der Waals surface area contributed by atoms with Crippen LogP contribution in [0.15, 0.2) is 47.1 Å². The van der Waals surface area contributed by atoms with E-state index in [4.69, 9.17) is 9.40 Å². The van der Waals surface area contributed by atoms with Crippen LogP contribution >= 0.6 is 0 Å². The van der Waals surface area contributed by atoms with Crippen molar-refractivity contribution in [3.05, 3.63) is 54.2 Å².